The Kier molecular flexibility index (Phi) is 5.33. The molecule has 0 N–H and O–H groups in total. The van der Waals surface area contributed by atoms with Crippen LogP contribution in [0.25, 0.3) is 0 Å². The number of aryl methyl sites for hydroxylation is 1. The third kappa shape index (κ3) is 4.22. The number of benzene rings is 1. The fourth-order valence-corrected chi connectivity index (χ4v) is 6.05. The Morgan fingerprint density at radius 2 is 1.81 bits per heavy atom. The highest BCUT2D eigenvalue weighted by Gasteiger charge is 2.36. The number of likely N-dealkylation sites (tertiary alicyclic amines) is 1. The molecular formula is C20H29NO4S. The third-order valence-corrected chi connectivity index (χ3v) is 7.63. The molecule has 144 valence electrons. The second-order valence-electron chi connectivity index (χ2n) is 8.46. The summed E-state index contributed by atoms with van der Waals surface area (Å²) in [7, 11) is -3.24. The zero-order valence-corrected chi connectivity index (χ0v) is 16.7. The minimum Gasteiger partial charge on any atom is -0.444 e. The summed E-state index contributed by atoms with van der Waals surface area (Å²) < 4.78 is 31.3. The van der Waals surface area contributed by atoms with Gasteiger partial charge in [-0.15, -0.1) is 0 Å². The first-order valence-corrected chi connectivity index (χ1v) is 11.0. The molecule has 1 unspecified atom stereocenters. The van der Waals surface area contributed by atoms with Crippen LogP contribution in [0, 0.1) is 5.92 Å². The topological polar surface area (TPSA) is 63.7 Å². The minimum absolute atomic E-state index is 0.268. The van der Waals surface area contributed by atoms with Crippen molar-refractivity contribution in [2.45, 2.75) is 68.6 Å². The molecule has 6 heteroatoms. The van der Waals surface area contributed by atoms with Crippen LogP contribution >= 0.6 is 0 Å². The Labute approximate surface area is 156 Å². The highest BCUT2D eigenvalue weighted by molar-refractivity contribution is 7.92. The molecule has 0 bridgehead atoms. The van der Waals surface area contributed by atoms with Gasteiger partial charge in [-0.2, -0.15) is 0 Å². The van der Waals surface area contributed by atoms with Crippen LogP contribution in [-0.2, 0) is 21.0 Å². The van der Waals surface area contributed by atoms with Gasteiger partial charge in [-0.3, -0.25) is 0 Å². The average Bonchev–Trinajstić information content (AvgIpc) is 2.57. The van der Waals surface area contributed by atoms with Gasteiger partial charge < -0.3 is 9.64 Å². The number of rotatable bonds is 2. The number of hydrogen-bond acceptors (Lipinski definition) is 4. The summed E-state index contributed by atoms with van der Waals surface area (Å²) in [4.78, 5) is 14.4. The first kappa shape index (κ1) is 19.2. The molecule has 2 heterocycles. The molecule has 0 aliphatic carbocycles. The van der Waals surface area contributed by atoms with E-state index in [1.54, 1.807) is 17.0 Å². The van der Waals surface area contributed by atoms with E-state index < -0.39 is 15.4 Å². The van der Waals surface area contributed by atoms with E-state index >= 15 is 0 Å². The van der Waals surface area contributed by atoms with Crippen molar-refractivity contribution >= 4 is 15.9 Å². The second-order valence-corrected chi connectivity index (χ2v) is 10.7. The number of carbonyl (C=O) groups excluding carboxylic acids is 1. The number of fused-ring (bicyclic) bond motifs is 1. The molecule has 1 fully saturated rings. The fraction of sp³-hybridized carbons (Fsp3) is 0.650. The standard InChI is InChI=1S/C20H29NO4S/c1-20(2,3)25-19(22)21-12-10-15(11-13-21)14-17-9-8-16-6-4-5-7-18(16)26(17,23)24/h4-7,15,17H,8-14H2,1-3H3. The van der Waals surface area contributed by atoms with Gasteiger partial charge in [0.1, 0.15) is 5.60 Å². The van der Waals surface area contributed by atoms with Crippen LogP contribution in [0.2, 0.25) is 0 Å². The summed E-state index contributed by atoms with van der Waals surface area (Å²) in [6.45, 7) is 6.88. The molecule has 0 radical (unpaired) electrons. The van der Waals surface area contributed by atoms with E-state index in [9.17, 15) is 13.2 Å². The van der Waals surface area contributed by atoms with Gasteiger partial charge in [-0.1, -0.05) is 18.2 Å². The molecule has 1 atom stereocenters. The van der Waals surface area contributed by atoms with Gasteiger partial charge in [-0.05, 0) is 70.4 Å². The molecular weight excluding hydrogens is 350 g/mol. The Morgan fingerprint density at radius 3 is 2.46 bits per heavy atom. The number of ether oxygens (including phenoxy) is 1. The van der Waals surface area contributed by atoms with Gasteiger partial charge >= 0.3 is 6.09 Å². The summed E-state index contributed by atoms with van der Waals surface area (Å²) in [5.74, 6) is 0.346. The van der Waals surface area contributed by atoms with Gasteiger partial charge in [0.2, 0.25) is 0 Å². The predicted octanol–water partition coefficient (Wildman–Crippen LogP) is 3.81. The molecule has 2 aliphatic heterocycles. The van der Waals surface area contributed by atoms with Crippen LogP contribution in [0.5, 0.6) is 0 Å². The molecule has 0 spiro atoms. The van der Waals surface area contributed by atoms with E-state index in [4.69, 9.17) is 4.74 Å². The monoisotopic (exact) mass is 379 g/mol. The van der Waals surface area contributed by atoms with Gasteiger partial charge in [-0.25, -0.2) is 13.2 Å². The lowest BCUT2D eigenvalue weighted by Gasteiger charge is -2.35. The van der Waals surface area contributed by atoms with Crippen molar-refractivity contribution in [2.75, 3.05) is 13.1 Å². The smallest absolute Gasteiger partial charge is 0.410 e. The zero-order chi connectivity index (χ0) is 18.9. The van der Waals surface area contributed by atoms with Crippen LogP contribution in [0.4, 0.5) is 4.79 Å². The van der Waals surface area contributed by atoms with E-state index in [2.05, 4.69) is 0 Å². The number of carbonyl (C=O) groups is 1. The Morgan fingerprint density at radius 1 is 1.15 bits per heavy atom. The maximum Gasteiger partial charge on any atom is 0.410 e. The predicted molar refractivity (Wildman–Crippen MR) is 101 cm³/mol. The van der Waals surface area contributed by atoms with Gasteiger partial charge in [0.25, 0.3) is 0 Å². The zero-order valence-electron chi connectivity index (χ0n) is 15.9. The minimum atomic E-state index is -3.24. The maximum absolute atomic E-state index is 12.9. The van der Waals surface area contributed by atoms with Gasteiger partial charge in [0, 0.05) is 13.1 Å². The van der Waals surface area contributed by atoms with Gasteiger partial charge in [0.05, 0.1) is 10.1 Å². The van der Waals surface area contributed by atoms with Crippen molar-refractivity contribution in [1.82, 2.24) is 4.90 Å². The average molecular weight is 380 g/mol. The normalized spacial score (nSPS) is 23.3. The van der Waals surface area contributed by atoms with Crippen molar-refractivity contribution in [3.63, 3.8) is 0 Å². The molecule has 26 heavy (non-hydrogen) atoms. The van der Waals surface area contributed by atoms with Crippen molar-refractivity contribution in [1.29, 1.82) is 0 Å². The van der Waals surface area contributed by atoms with Gasteiger partial charge in [0.15, 0.2) is 9.84 Å². The molecule has 1 aromatic rings. The highest BCUT2D eigenvalue weighted by Crippen LogP contribution is 2.35. The molecule has 1 saturated heterocycles. The van der Waals surface area contributed by atoms with Crippen LogP contribution < -0.4 is 0 Å². The molecule has 3 rings (SSSR count). The third-order valence-electron chi connectivity index (χ3n) is 5.32. The quantitative estimate of drug-likeness (QED) is 0.784. The largest absolute Gasteiger partial charge is 0.444 e. The summed E-state index contributed by atoms with van der Waals surface area (Å²) in [5.41, 5.74) is 0.459. The Balaban J connectivity index is 1.58. The summed E-state index contributed by atoms with van der Waals surface area (Å²) in [5, 5.41) is -0.296. The van der Waals surface area contributed by atoms with Crippen LogP contribution in [0.15, 0.2) is 29.2 Å². The lowest BCUT2D eigenvalue weighted by molar-refractivity contribution is 0.0180. The van der Waals surface area contributed by atoms with E-state index in [0.29, 0.717) is 36.7 Å². The number of hydrogen-bond donors (Lipinski definition) is 0. The van der Waals surface area contributed by atoms with Crippen molar-refractivity contribution in [2.24, 2.45) is 5.92 Å². The number of piperidine rings is 1. The first-order valence-electron chi connectivity index (χ1n) is 9.46. The van der Waals surface area contributed by atoms with E-state index in [1.807, 2.05) is 32.9 Å². The van der Waals surface area contributed by atoms with Crippen LogP contribution in [0.1, 0.15) is 52.0 Å². The van der Waals surface area contributed by atoms with Crippen molar-refractivity contribution in [3.8, 4) is 0 Å². The van der Waals surface area contributed by atoms with Crippen molar-refractivity contribution < 1.29 is 17.9 Å². The first-order chi connectivity index (χ1) is 12.2. The van der Waals surface area contributed by atoms with Crippen LogP contribution in [-0.4, -0.2) is 43.4 Å². The van der Waals surface area contributed by atoms with E-state index in [0.717, 1.165) is 24.8 Å². The van der Waals surface area contributed by atoms with Crippen LogP contribution in [0.3, 0.4) is 0 Å². The van der Waals surface area contributed by atoms with E-state index in [-0.39, 0.29) is 11.3 Å². The summed E-state index contributed by atoms with van der Waals surface area (Å²) in [6.07, 6.45) is 3.64. The molecule has 0 aromatic heterocycles. The Bertz CT molecular complexity index is 758. The maximum atomic E-state index is 12.9. The lowest BCUT2D eigenvalue weighted by Crippen LogP contribution is -2.42. The molecule has 2 aliphatic rings. The number of nitrogens with zero attached hydrogens (tertiary/aromatic N) is 1. The van der Waals surface area contributed by atoms with Crippen molar-refractivity contribution in [3.05, 3.63) is 29.8 Å². The number of sulfone groups is 1. The molecule has 5 nitrogen and oxygen atoms in total. The Hall–Kier alpha value is -1.56. The molecule has 0 saturated carbocycles. The summed E-state index contributed by atoms with van der Waals surface area (Å²) >= 11 is 0. The fourth-order valence-electron chi connectivity index (χ4n) is 3.93. The SMILES string of the molecule is CC(C)(C)OC(=O)N1CCC(CC2CCc3ccccc3S2(=O)=O)CC1. The molecule has 1 aromatic carbocycles. The summed E-state index contributed by atoms with van der Waals surface area (Å²) in [6, 6.07) is 7.36. The highest BCUT2D eigenvalue weighted by atomic mass is 32.2. The molecule has 1 amide bonds. The second kappa shape index (κ2) is 7.22. The van der Waals surface area contributed by atoms with E-state index in [1.165, 1.54) is 0 Å². The number of amides is 1. The lowest BCUT2D eigenvalue weighted by atomic mass is 9.90.